The molecule has 0 bridgehead atoms. The van der Waals surface area contributed by atoms with E-state index in [2.05, 4.69) is 49.4 Å². The molecule has 1 aliphatic carbocycles. The van der Waals surface area contributed by atoms with Crippen molar-refractivity contribution in [3.63, 3.8) is 0 Å². The van der Waals surface area contributed by atoms with Crippen molar-refractivity contribution in [3.8, 4) is 5.75 Å². The van der Waals surface area contributed by atoms with E-state index in [9.17, 15) is 9.59 Å². The third-order valence-electron chi connectivity index (χ3n) is 9.78. The van der Waals surface area contributed by atoms with Gasteiger partial charge < -0.3 is 25.2 Å². The van der Waals surface area contributed by atoms with Crippen LogP contribution in [0, 0.1) is 0 Å². The number of carbonyl (C=O) groups excluding carboxylic acids is 2. The fraction of sp³-hybridized carbons (Fsp3) is 0.576. The first-order chi connectivity index (χ1) is 20.9. The molecule has 4 heterocycles. The summed E-state index contributed by atoms with van der Waals surface area (Å²) >= 11 is 0. The molecule has 230 valence electrons. The fourth-order valence-corrected chi connectivity index (χ4v) is 7.20. The summed E-state index contributed by atoms with van der Waals surface area (Å²) in [5.74, 6) is 1.70. The highest BCUT2D eigenvalue weighted by Crippen LogP contribution is 2.38. The largest absolute Gasteiger partial charge is 0.489 e. The van der Waals surface area contributed by atoms with Gasteiger partial charge in [-0.1, -0.05) is 19.8 Å². The average Bonchev–Trinajstić information content (AvgIpc) is 3.54. The molecule has 2 aromatic rings. The van der Waals surface area contributed by atoms with Crippen LogP contribution in [-0.2, 0) is 9.59 Å². The Kier molecular flexibility index (Phi) is 8.95. The minimum absolute atomic E-state index is 0.145. The van der Waals surface area contributed by atoms with Crippen molar-refractivity contribution < 1.29 is 14.3 Å². The highest BCUT2D eigenvalue weighted by Gasteiger charge is 2.36. The first-order valence-electron chi connectivity index (χ1n) is 16.0. The number of likely N-dealkylation sites (tertiary alicyclic amines) is 1. The standard InChI is InChI=1S/C33H45N7O3/c1-4-38-13-11-26(12-14-38)39-15-16-40-27(19-39)21-43-31-17-25(9-10-30(31)40)36-33-34-18-28(22(2)29(20-41)23(3)42)32(37-33)35-24-7-5-6-8-24/h9-10,17-18,20,24,26-27H,4-8,11-16,19,21H2,1-3H3,(H2,34,35,36,37)/b29-22+/t27-/m0/s1. The van der Waals surface area contributed by atoms with Gasteiger partial charge in [-0.3, -0.25) is 14.5 Å². The van der Waals surface area contributed by atoms with Crippen LogP contribution < -0.4 is 20.3 Å². The Balaban J connectivity index is 1.17. The van der Waals surface area contributed by atoms with E-state index in [0.29, 0.717) is 53.9 Å². The average molecular weight is 588 g/mol. The molecular weight excluding hydrogens is 542 g/mol. The van der Waals surface area contributed by atoms with Gasteiger partial charge in [0.15, 0.2) is 12.1 Å². The maximum absolute atomic E-state index is 12.1. The van der Waals surface area contributed by atoms with E-state index in [4.69, 9.17) is 9.72 Å². The van der Waals surface area contributed by atoms with Crippen molar-refractivity contribution in [2.45, 2.75) is 77.4 Å². The quantitative estimate of drug-likeness (QED) is 0.189. The van der Waals surface area contributed by atoms with Crippen LogP contribution in [0.2, 0.25) is 0 Å². The maximum Gasteiger partial charge on any atom is 0.229 e. The molecule has 1 atom stereocenters. The van der Waals surface area contributed by atoms with Crippen molar-refractivity contribution in [2.24, 2.45) is 0 Å². The Morgan fingerprint density at radius 1 is 1.07 bits per heavy atom. The lowest BCUT2D eigenvalue weighted by Crippen LogP contribution is -2.60. The number of aromatic nitrogens is 2. The normalized spacial score (nSPS) is 22.3. The molecule has 3 aliphatic heterocycles. The monoisotopic (exact) mass is 587 g/mol. The summed E-state index contributed by atoms with van der Waals surface area (Å²) in [4.78, 5) is 40.9. The summed E-state index contributed by atoms with van der Waals surface area (Å²) in [5.41, 5.74) is 3.39. The smallest absolute Gasteiger partial charge is 0.229 e. The number of carbonyl (C=O) groups is 2. The van der Waals surface area contributed by atoms with Gasteiger partial charge in [0.05, 0.1) is 17.3 Å². The zero-order valence-corrected chi connectivity index (χ0v) is 25.8. The molecule has 10 heteroatoms. The lowest BCUT2D eigenvalue weighted by atomic mass is 9.99. The lowest BCUT2D eigenvalue weighted by Gasteiger charge is -2.49. The Bertz CT molecular complexity index is 1360. The second-order valence-electron chi connectivity index (χ2n) is 12.4. The van der Waals surface area contributed by atoms with E-state index >= 15 is 0 Å². The number of hydrogen-bond acceptors (Lipinski definition) is 10. The number of piperazine rings is 1. The van der Waals surface area contributed by atoms with E-state index in [1.54, 1.807) is 13.1 Å². The van der Waals surface area contributed by atoms with Crippen LogP contribution >= 0.6 is 0 Å². The van der Waals surface area contributed by atoms with Crippen molar-refractivity contribution in [1.82, 2.24) is 19.8 Å². The molecule has 1 saturated carbocycles. The van der Waals surface area contributed by atoms with Gasteiger partial charge in [-0.05, 0) is 76.9 Å². The van der Waals surface area contributed by atoms with E-state index in [-0.39, 0.29) is 11.4 Å². The summed E-state index contributed by atoms with van der Waals surface area (Å²) in [5, 5.41) is 6.91. The number of nitrogens with one attached hydrogen (secondary N) is 2. The Morgan fingerprint density at radius 2 is 1.86 bits per heavy atom. The molecule has 43 heavy (non-hydrogen) atoms. The second kappa shape index (κ2) is 13.0. The third kappa shape index (κ3) is 6.40. The van der Waals surface area contributed by atoms with Gasteiger partial charge in [0.25, 0.3) is 0 Å². The van der Waals surface area contributed by atoms with E-state index in [1.807, 2.05) is 6.07 Å². The van der Waals surface area contributed by atoms with Gasteiger partial charge in [0.1, 0.15) is 18.2 Å². The molecule has 2 saturated heterocycles. The highest BCUT2D eigenvalue weighted by atomic mass is 16.5. The van der Waals surface area contributed by atoms with Gasteiger partial charge >= 0.3 is 0 Å². The molecule has 0 radical (unpaired) electrons. The van der Waals surface area contributed by atoms with Crippen molar-refractivity contribution >= 4 is 40.8 Å². The van der Waals surface area contributed by atoms with E-state index in [0.717, 1.165) is 56.1 Å². The molecule has 0 spiro atoms. The van der Waals surface area contributed by atoms with Crippen LogP contribution in [0.1, 0.15) is 64.9 Å². The first kappa shape index (κ1) is 29.6. The molecule has 0 amide bonds. The van der Waals surface area contributed by atoms with Gasteiger partial charge in [0, 0.05) is 55.2 Å². The zero-order chi connectivity index (χ0) is 29.9. The van der Waals surface area contributed by atoms with Crippen LogP contribution in [0.15, 0.2) is 30.0 Å². The van der Waals surface area contributed by atoms with Gasteiger partial charge in [-0.25, -0.2) is 4.98 Å². The number of anilines is 4. The number of ether oxygens (including phenoxy) is 1. The Labute approximate surface area is 254 Å². The molecule has 2 N–H and O–H groups in total. The topological polar surface area (TPSA) is 103 Å². The van der Waals surface area contributed by atoms with Gasteiger partial charge in [-0.2, -0.15) is 4.98 Å². The number of benzene rings is 1. The molecule has 1 aromatic heterocycles. The van der Waals surface area contributed by atoms with Crippen LogP contribution in [-0.4, -0.2) is 95.8 Å². The van der Waals surface area contributed by atoms with Crippen LogP contribution in [0.4, 0.5) is 23.1 Å². The molecule has 10 nitrogen and oxygen atoms in total. The van der Waals surface area contributed by atoms with Crippen molar-refractivity contribution in [3.05, 3.63) is 35.5 Å². The number of hydrogen-bond donors (Lipinski definition) is 2. The number of rotatable bonds is 9. The summed E-state index contributed by atoms with van der Waals surface area (Å²) in [6, 6.07) is 7.59. The summed E-state index contributed by atoms with van der Waals surface area (Å²) < 4.78 is 6.32. The molecule has 4 aliphatic rings. The van der Waals surface area contributed by atoms with Crippen molar-refractivity contribution in [1.29, 1.82) is 0 Å². The molecule has 0 unspecified atom stereocenters. The minimum Gasteiger partial charge on any atom is -0.489 e. The lowest BCUT2D eigenvalue weighted by molar-refractivity contribution is -0.115. The zero-order valence-electron chi connectivity index (χ0n) is 25.8. The molecular formula is C33H45N7O3. The van der Waals surface area contributed by atoms with Gasteiger partial charge in [0.2, 0.25) is 5.95 Å². The Morgan fingerprint density at radius 3 is 2.58 bits per heavy atom. The second-order valence-corrected chi connectivity index (χ2v) is 12.4. The number of nitrogens with zero attached hydrogens (tertiary/aromatic N) is 5. The fourth-order valence-electron chi connectivity index (χ4n) is 7.20. The summed E-state index contributed by atoms with van der Waals surface area (Å²) in [7, 11) is 0. The SMILES string of the molecule is CCN1CCC(N2CCN3c4ccc(Nc5ncc(/C(C)=C(\C=O)C(C)=O)c(NC6CCCC6)n5)cc4OC[C@@H]3C2)CC1. The van der Waals surface area contributed by atoms with E-state index < -0.39 is 0 Å². The van der Waals surface area contributed by atoms with Crippen LogP contribution in [0.5, 0.6) is 5.75 Å². The number of fused-ring (bicyclic) bond motifs is 3. The number of allylic oxidation sites excluding steroid dienone is 2. The minimum atomic E-state index is -0.267. The Hall–Kier alpha value is -3.50. The molecule has 6 rings (SSSR count). The van der Waals surface area contributed by atoms with Crippen LogP contribution in [0.3, 0.4) is 0 Å². The number of Topliss-reactive ketones (excluding diaryl/α,β-unsaturated/α-hetero) is 1. The predicted molar refractivity (Wildman–Crippen MR) is 170 cm³/mol. The number of aldehydes is 1. The van der Waals surface area contributed by atoms with Crippen LogP contribution in [0.25, 0.3) is 5.57 Å². The predicted octanol–water partition coefficient (Wildman–Crippen LogP) is 4.50. The number of piperidine rings is 1. The summed E-state index contributed by atoms with van der Waals surface area (Å²) in [6.07, 6.45) is 9.33. The molecule has 3 fully saturated rings. The number of ketones is 1. The maximum atomic E-state index is 12.1. The first-order valence-corrected chi connectivity index (χ1v) is 16.0. The summed E-state index contributed by atoms with van der Waals surface area (Å²) in [6.45, 7) is 12.9. The molecule has 1 aromatic carbocycles. The van der Waals surface area contributed by atoms with Crippen molar-refractivity contribution in [2.75, 3.05) is 61.4 Å². The third-order valence-corrected chi connectivity index (χ3v) is 9.78. The van der Waals surface area contributed by atoms with Gasteiger partial charge in [-0.15, -0.1) is 0 Å². The highest BCUT2D eigenvalue weighted by molar-refractivity contribution is 6.17. The van der Waals surface area contributed by atoms with E-state index in [1.165, 1.54) is 45.7 Å².